The summed E-state index contributed by atoms with van der Waals surface area (Å²) in [6.07, 6.45) is 3.65. The van der Waals surface area contributed by atoms with Crippen molar-refractivity contribution in [3.63, 3.8) is 0 Å². The van der Waals surface area contributed by atoms with Gasteiger partial charge in [-0.2, -0.15) is 0 Å². The number of ether oxygens (including phenoxy) is 1. The summed E-state index contributed by atoms with van der Waals surface area (Å²) in [5, 5.41) is 0. The van der Waals surface area contributed by atoms with E-state index in [1.54, 1.807) is 0 Å². The smallest absolute Gasteiger partial charge is 0.349 e. The van der Waals surface area contributed by atoms with Crippen LogP contribution >= 0.6 is 0 Å². The Balaban J connectivity index is 0.00000280. The largest absolute Gasteiger partial charge is 0.423 e. The molecule has 152 valence electrons. The lowest BCUT2D eigenvalue weighted by Gasteiger charge is -2.26. The number of carbonyl (C=O) groups excluding carboxylic acids is 1. The molecule has 28 heavy (non-hydrogen) atoms. The minimum atomic E-state index is -1.34. The topological polar surface area (TPSA) is 26.3 Å². The number of benzene rings is 2. The van der Waals surface area contributed by atoms with Gasteiger partial charge in [-0.1, -0.05) is 27.2 Å². The van der Waals surface area contributed by atoms with Gasteiger partial charge < -0.3 is 4.74 Å². The average Bonchev–Trinajstić information content (AvgIpc) is 2.59. The first-order chi connectivity index (χ1) is 12.8. The first-order valence-corrected chi connectivity index (χ1v) is 8.93. The SMILES string of the molecule is C.Cc1c(F)cc(OC(=O)c2c(F)cc(C3CCC(C)CC3)cc2F)cc1F. The molecule has 2 aromatic carbocycles. The molecule has 0 radical (unpaired) electrons. The van der Waals surface area contributed by atoms with E-state index in [0.29, 0.717) is 11.5 Å². The maximum absolute atomic E-state index is 14.4. The maximum Gasteiger partial charge on any atom is 0.349 e. The van der Waals surface area contributed by atoms with Gasteiger partial charge in [0.2, 0.25) is 0 Å². The van der Waals surface area contributed by atoms with Crippen LogP contribution in [0.3, 0.4) is 0 Å². The second-order valence-electron chi connectivity index (χ2n) is 7.22. The number of hydrogen-bond acceptors (Lipinski definition) is 2. The van der Waals surface area contributed by atoms with E-state index in [9.17, 15) is 22.4 Å². The Morgan fingerprint density at radius 2 is 1.39 bits per heavy atom. The monoisotopic (exact) mass is 396 g/mol. The van der Waals surface area contributed by atoms with Crippen molar-refractivity contribution in [3.05, 3.63) is 64.2 Å². The van der Waals surface area contributed by atoms with Crippen LogP contribution in [0.5, 0.6) is 5.75 Å². The van der Waals surface area contributed by atoms with Crippen molar-refractivity contribution >= 4 is 5.97 Å². The van der Waals surface area contributed by atoms with Gasteiger partial charge >= 0.3 is 5.97 Å². The molecule has 0 N–H and O–H groups in total. The van der Waals surface area contributed by atoms with Crippen molar-refractivity contribution in [1.29, 1.82) is 0 Å². The van der Waals surface area contributed by atoms with E-state index in [0.717, 1.165) is 49.9 Å². The van der Waals surface area contributed by atoms with Crippen LogP contribution in [0.1, 0.15) is 67.4 Å². The molecule has 0 atom stereocenters. The molecule has 3 rings (SSSR count). The number of carbonyl (C=O) groups is 1. The minimum Gasteiger partial charge on any atom is -0.423 e. The Bertz CT molecular complexity index is 825. The van der Waals surface area contributed by atoms with Crippen molar-refractivity contribution in [2.75, 3.05) is 0 Å². The first-order valence-electron chi connectivity index (χ1n) is 8.93. The summed E-state index contributed by atoms with van der Waals surface area (Å²) >= 11 is 0. The molecule has 0 aliphatic heterocycles. The van der Waals surface area contributed by atoms with Gasteiger partial charge in [0, 0.05) is 17.7 Å². The van der Waals surface area contributed by atoms with E-state index in [1.165, 1.54) is 6.92 Å². The second-order valence-corrected chi connectivity index (χ2v) is 7.22. The second kappa shape index (κ2) is 8.76. The lowest BCUT2D eigenvalue weighted by Crippen LogP contribution is -2.16. The van der Waals surface area contributed by atoms with Crippen molar-refractivity contribution in [1.82, 2.24) is 0 Å². The van der Waals surface area contributed by atoms with Gasteiger partial charge in [0.25, 0.3) is 0 Å². The molecule has 6 heteroatoms. The van der Waals surface area contributed by atoms with Crippen LogP contribution in [0, 0.1) is 36.1 Å². The molecular weight excluding hydrogens is 372 g/mol. The third kappa shape index (κ3) is 4.54. The highest BCUT2D eigenvalue weighted by molar-refractivity contribution is 5.91. The van der Waals surface area contributed by atoms with E-state index in [1.807, 2.05) is 0 Å². The van der Waals surface area contributed by atoms with Gasteiger partial charge in [-0.25, -0.2) is 22.4 Å². The summed E-state index contributed by atoms with van der Waals surface area (Å²) in [5.74, 6) is -5.05. The molecular formula is C22H24F4O2. The number of hydrogen-bond donors (Lipinski definition) is 0. The number of esters is 1. The van der Waals surface area contributed by atoms with E-state index in [2.05, 4.69) is 6.92 Å². The van der Waals surface area contributed by atoms with Gasteiger partial charge in [-0.05, 0) is 49.3 Å². The Morgan fingerprint density at radius 1 is 0.893 bits per heavy atom. The zero-order valence-corrected chi connectivity index (χ0v) is 15.1. The third-order valence-electron chi connectivity index (χ3n) is 5.22. The summed E-state index contributed by atoms with van der Waals surface area (Å²) in [7, 11) is 0. The molecule has 0 amide bonds. The Kier molecular flexibility index (Phi) is 6.86. The molecule has 1 fully saturated rings. The van der Waals surface area contributed by atoms with Gasteiger partial charge in [0.15, 0.2) is 0 Å². The normalized spacial score (nSPS) is 19.1. The van der Waals surface area contributed by atoms with Crippen LogP contribution in [0.15, 0.2) is 24.3 Å². The standard InChI is InChI=1S/C21H20F4O2.CH4/c1-11-3-5-13(6-4-11)14-7-18(24)20(19(25)8-14)21(26)27-15-9-16(22)12(2)17(23)10-15;/h7-11,13H,3-6H2,1-2H3;1H4. The van der Waals surface area contributed by atoms with Crippen molar-refractivity contribution in [2.45, 2.75) is 52.9 Å². The van der Waals surface area contributed by atoms with Crippen LogP contribution in [-0.2, 0) is 0 Å². The Morgan fingerprint density at radius 3 is 1.89 bits per heavy atom. The molecule has 2 nitrogen and oxygen atoms in total. The van der Waals surface area contributed by atoms with Crippen LogP contribution < -0.4 is 4.74 Å². The molecule has 0 aromatic heterocycles. The zero-order valence-electron chi connectivity index (χ0n) is 15.1. The molecule has 0 spiro atoms. The van der Waals surface area contributed by atoms with Crippen molar-refractivity contribution in [3.8, 4) is 5.75 Å². The highest BCUT2D eigenvalue weighted by Gasteiger charge is 2.26. The summed E-state index contributed by atoms with van der Waals surface area (Å²) in [6.45, 7) is 3.37. The fourth-order valence-electron chi connectivity index (χ4n) is 3.46. The van der Waals surface area contributed by atoms with Crippen LogP contribution in [0.4, 0.5) is 17.6 Å². The predicted molar refractivity (Wildman–Crippen MR) is 99.5 cm³/mol. The molecule has 2 aromatic rings. The maximum atomic E-state index is 14.4. The van der Waals surface area contributed by atoms with Crippen LogP contribution in [-0.4, -0.2) is 5.97 Å². The van der Waals surface area contributed by atoms with E-state index in [-0.39, 0.29) is 18.9 Å². The number of halogens is 4. The first kappa shape index (κ1) is 21.9. The molecule has 0 unspecified atom stereocenters. The highest BCUT2D eigenvalue weighted by atomic mass is 19.1. The average molecular weight is 396 g/mol. The molecule has 0 heterocycles. The molecule has 0 saturated heterocycles. The quantitative estimate of drug-likeness (QED) is 0.328. The fraction of sp³-hybridized carbons (Fsp3) is 0.409. The molecule has 1 aliphatic carbocycles. The summed E-state index contributed by atoms with van der Waals surface area (Å²) in [4.78, 5) is 12.1. The zero-order chi connectivity index (χ0) is 19.7. The lowest BCUT2D eigenvalue weighted by molar-refractivity contribution is 0.0723. The molecule has 0 bridgehead atoms. The van der Waals surface area contributed by atoms with E-state index < -0.39 is 40.6 Å². The molecule has 1 saturated carbocycles. The third-order valence-corrected chi connectivity index (χ3v) is 5.22. The highest BCUT2D eigenvalue weighted by Crippen LogP contribution is 2.36. The molecule has 1 aliphatic rings. The summed E-state index contributed by atoms with van der Waals surface area (Å²) in [6, 6.07) is 3.89. The van der Waals surface area contributed by atoms with E-state index >= 15 is 0 Å². The Labute approximate surface area is 162 Å². The van der Waals surface area contributed by atoms with Gasteiger partial charge in [0.1, 0.15) is 34.6 Å². The van der Waals surface area contributed by atoms with Gasteiger partial charge in [-0.15, -0.1) is 0 Å². The minimum absolute atomic E-state index is 0. The van der Waals surface area contributed by atoms with E-state index in [4.69, 9.17) is 4.74 Å². The van der Waals surface area contributed by atoms with Crippen molar-refractivity contribution < 1.29 is 27.1 Å². The van der Waals surface area contributed by atoms with Gasteiger partial charge in [-0.3, -0.25) is 0 Å². The Hall–Kier alpha value is -2.37. The lowest BCUT2D eigenvalue weighted by atomic mass is 9.79. The van der Waals surface area contributed by atoms with Crippen LogP contribution in [0.25, 0.3) is 0 Å². The fourth-order valence-corrected chi connectivity index (χ4v) is 3.46. The van der Waals surface area contributed by atoms with Crippen molar-refractivity contribution in [2.24, 2.45) is 5.92 Å². The summed E-state index contributed by atoms with van der Waals surface area (Å²) in [5.41, 5.74) is -0.594. The predicted octanol–water partition coefficient (Wildman–Crippen LogP) is 6.70. The van der Waals surface area contributed by atoms with Gasteiger partial charge in [0.05, 0.1) is 0 Å². The number of rotatable bonds is 3. The summed E-state index contributed by atoms with van der Waals surface area (Å²) < 4.78 is 60.8. The van der Waals surface area contributed by atoms with Crippen LogP contribution in [0.2, 0.25) is 0 Å².